The van der Waals surface area contributed by atoms with Gasteiger partial charge in [0.2, 0.25) is 0 Å². The van der Waals surface area contributed by atoms with Gasteiger partial charge >= 0.3 is 0 Å². The van der Waals surface area contributed by atoms with Gasteiger partial charge in [-0.15, -0.1) is 0 Å². The molecule has 1 aliphatic rings. The number of hydrogen-bond donors (Lipinski definition) is 8. The van der Waals surface area contributed by atoms with Crippen LogP contribution < -0.4 is 22.6 Å². The van der Waals surface area contributed by atoms with Crippen molar-refractivity contribution in [1.29, 1.82) is 0 Å². The predicted octanol–water partition coefficient (Wildman–Crippen LogP) is -5.25. The number of aliphatic hydroxyl groups is 4. The Hall–Kier alpha value is -1.63. The fraction of sp³-hybridized carbons (Fsp3) is 0.667. The number of carbonyl (C=O) groups excluding carboxylic acids is 1. The first-order valence-electron chi connectivity index (χ1n) is 5.65. The van der Waals surface area contributed by atoms with Crippen LogP contribution in [0.15, 0.2) is 11.5 Å². The first-order valence-corrected chi connectivity index (χ1v) is 5.65. The molecule has 11 heteroatoms. The summed E-state index contributed by atoms with van der Waals surface area (Å²) in [7, 11) is 0. The Morgan fingerprint density at radius 3 is 2.30 bits per heavy atom. The van der Waals surface area contributed by atoms with Gasteiger partial charge in [-0.05, 0) is 0 Å². The fourth-order valence-corrected chi connectivity index (χ4v) is 1.66. The summed E-state index contributed by atoms with van der Waals surface area (Å²) in [6, 6.07) is 0. The highest BCUT2D eigenvalue weighted by Gasteiger charge is 2.46. The maximum absolute atomic E-state index is 11.9. The van der Waals surface area contributed by atoms with Crippen LogP contribution in [-0.4, -0.2) is 69.2 Å². The zero-order chi connectivity index (χ0) is 15.4. The molecule has 0 bridgehead atoms. The molecule has 1 heterocycles. The summed E-state index contributed by atoms with van der Waals surface area (Å²) < 4.78 is 5.05. The molecular formula is C9H19N5O6. The van der Waals surface area contributed by atoms with Gasteiger partial charge < -0.3 is 41.9 Å². The van der Waals surface area contributed by atoms with Crippen molar-refractivity contribution in [3.8, 4) is 0 Å². The summed E-state index contributed by atoms with van der Waals surface area (Å²) in [5.41, 5.74) is 10.3. The van der Waals surface area contributed by atoms with Crippen LogP contribution in [0.3, 0.4) is 0 Å². The molecule has 1 aliphatic heterocycles. The summed E-state index contributed by atoms with van der Waals surface area (Å²) >= 11 is 0. The molecule has 1 fully saturated rings. The summed E-state index contributed by atoms with van der Waals surface area (Å²) in [6.07, 6.45) is -5.38. The van der Waals surface area contributed by atoms with Gasteiger partial charge in [0.25, 0.3) is 5.91 Å². The number of rotatable bonds is 5. The standard InChI is InChI=1S/C9H19N5O6/c10-4(7(11)13-2-16)8(19)14(12)9-6(18)5(17)3(1-15)20-9/h3,5-6,9,13,15-18H,1-2,10-12H2/b7-4-. The number of ether oxygens (including phenoxy) is 1. The molecule has 0 aromatic heterocycles. The maximum atomic E-state index is 11.9. The molecule has 20 heavy (non-hydrogen) atoms. The van der Waals surface area contributed by atoms with Gasteiger partial charge in [-0.2, -0.15) is 0 Å². The van der Waals surface area contributed by atoms with Crippen molar-refractivity contribution in [1.82, 2.24) is 10.3 Å². The van der Waals surface area contributed by atoms with Gasteiger partial charge in [0, 0.05) is 0 Å². The Balaban J connectivity index is 2.82. The van der Waals surface area contributed by atoms with E-state index in [2.05, 4.69) is 5.32 Å². The van der Waals surface area contributed by atoms with Gasteiger partial charge in [-0.3, -0.25) is 4.79 Å². The molecule has 0 aliphatic carbocycles. The molecule has 4 unspecified atom stereocenters. The summed E-state index contributed by atoms with van der Waals surface area (Å²) in [5, 5.41) is 39.4. The largest absolute Gasteiger partial charge is 0.394 e. The van der Waals surface area contributed by atoms with Crippen LogP contribution in [0.4, 0.5) is 0 Å². The first kappa shape index (κ1) is 16.4. The number of carbonyl (C=O) groups is 1. The highest BCUT2D eigenvalue weighted by molar-refractivity contribution is 5.92. The molecule has 0 radical (unpaired) electrons. The molecule has 0 saturated carbocycles. The third-order valence-corrected chi connectivity index (χ3v) is 2.82. The monoisotopic (exact) mass is 293 g/mol. The van der Waals surface area contributed by atoms with E-state index in [1.807, 2.05) is 0 Å². The van der Waals surface area contributed by atoms with Gasteiger partial charge in [0.05, 0.1) is 6.61 Å². The maximum Gasteiger partial charge on any atom is 0.289 e. The Labute approximate surface area is 114 Å². The lowest BCUT2D eigenvalue weighted by Gasteiger charge is -2.26. The molecule has 1 rings (SSSR count). The van der Waals surface area contributed by atoms with Crippen LogP contribution in [-0.2, 0) is 9.53 Å². The third-order valence-electron chi connectivity index (χ3n) is 2.82. The second-order valence-corrected chi connectivity index (χ2v) is 4.10. The van der Waals surface area contributed by atoms with Gasteiger partial charge in [0.15, 0.2) is 6.23 Å². The van der Waals surface area contributed by atoms with E-state index in [9.17, 15) is 15.0 Å². The van der Waals surface area contributed by atoms with E-state index in [1.165, 1.54) is 0 Å². The van der Waals surface area contributed by atoms with Crippen molar-refractivity contribution >= 4 is 5.91 Å². The summed E-state index contributed by atoms with van der Waals surface area (Å²) in [6.45, 7) is -1.10. The summed E-state index contributed by atoms with van der Waals surface area (Å²) in [5.74, 6) is 4.18. The number of hydrogen-bond acceptors (Lipinski definition) is 10. The highest BCUT2D eigenvalue weighted by atomic mass is 16.6. The van der Waals surface area contributed by atoms with E-state index in [0.717, 1.165) is 0 Å². The molecule has 1 amide bonds. The van der Waals surface area contributed by atoms with E-state index in [0.29, 0.717) is 5.01 Å². The lowest BCUT2D eigenvalue weighted by Crippen LogP contribution is -2.53. The zero-order valence-electron chi connectivity index (χ0n) is 10.5. The minimum atomic E-state index is -1.51. The van der Waals surface area contributed by atoms with Gasteiger partial charge in [0.1, 0.15) is 36.6 Å². The van der Waals surface area contributed by atoms with Crippen LogP contribution in [0.25, 0.3) is 0 Å². The molecular weight excluding hydrogens is 274 g/mol. The quantitative estimate of drug-likeness (QED) is 0.0795. The first-order chi connectivity index (χ1) is 9.34. The molecule has 0 aromatic carbocycles. The van der Waals surface area contributed by atoms with Crippen molar-refractivity contribution < 1.29 is 30.0 Å². The average Bonchev–Trinajstić information content (AvgIpc) is 2.72. The molecule has 4 atom stereocenters. The molecule has 0 aromatic rings. The van der Waals surface area contributed by atoms with E-state index in [4.69, 9.17) is 32.3 Å². The van der Waals surface area contributed by atoms with E-state index >= 15 is 0 Å². The van der Waals surface area contributed by atoms with Crippen molar-refractivity contribution in [2.24, 2.45) is 17.3 Å². The number of nitrogens with two attached hydrogens (primary N) is 3. The normalized spacial score (nSPS) is 30.9. The Morgan fingerprint density at radius 1 is 1.25 bits per heavy atom. The Morgan fingerprint density at radius 2 is 1.85 bits per heavy atom. The van der Waals surface area contributed by atoms with Crippen LogP contribution in [0.5, 0.6) is 0 Å². The second kappa shape index (κ2) is 6.69. The Bertz CT molecular complexity index is 391. The number of nitrogens with one attached hydrogen (secondary N) is 1. The van der Waals surface area contributed by atoms with Gasteiger partial charge in [-0.1, -0.05) is 0 Å². The Kier molecular flexibility index (Phi) is 5.50. The fourth-order valence-electron chi connectivity index (χ4n) is 1.66. The minimum absolute atomic E-state index is 0.306. The molecule has 1 saturated heterocycles. The highest BCUT2D eigenvalue weighted by Crippen LogP contribution is 2.22. The van der Waals surface area contributed by atoms with Crippen molar-refractivity contribution in [2.45, 2.75) is 24.5 Å². The molecule has 0 spiro atoms. The third kappa shape index (κ3) is 3.09. The number of aliphatic hydroxyl groups excluding tert-OH is 4. The van der Waals surface area contributed by atoms with Gasteiger partial charge in [-0.25, -0.2) is 10.9 Å². The zero-order valence-corrected chi connectivity index (χ0v) is 10.5. The average molecular weight is 293 g/mol. The van der Waals surface area contributed by atoms with E-state index < -0.39 is 49.5 Å². The lowest BCUT2D eigenvalue weighted by atomic mass is 10.1. The number of nitrogens with zero attached hydrogens (tertiary/aromatic N) is 1. The molecule has 11 nitrogen and oxygen atoms in total. The van der Waals surface area contributed by atoms with E-state index in [1.54, 1.807) is 0 Å². The molecule has 116 valence electrons. The lowest BCUT2D eigenvalue weighted by molar-refractivity contribution is -0.149. The van der Waals surface area contributed by atoms with Crippen LogP contribution >= 0.6 is 0 Å². The summed E-state index contributed by atoms with van der Waals surface area (Å²) in [4.78, 5) is 11.9. The van der Waals surface area contributed by atoms with Crippen molar-refractivity contribution in [2.75, 3.05) is 13.3 Å². The topological polar surface area (TPSA) is 201 Å². The predicted molar refractivity (Wildman–Crippen MR) is 64.4 cm³/mol. The van der Waals surface area contributed by atoms with Crippen LogP contribution in [0, 0.1) is 0 Å². The second-order valence-electron chi connectivity index (χ2n) is 4.10. The number of hydrazine groups is 1. The molecule has 11 N–H and O–H groups in total. The van der Waals surface area contributed by atoms with Crippen LogP contribution in [0.1, 0.15) is 0 Å². The SMILES string of the molecule is N/C(NCO)=C(/N)C(=O)N(N)C1OC(CO)C(O)C1O. The van der Waals surface area contributed by atoms with Crippen molar-refractivity contribution in [3.05, 3.63) is 11.5 Å². The smallest absolute Gasteiger partial charge is 0.289 e. The van der Waals surface area contributed by atoms with Crippen molar-refractivity contribution in [3.63, 3.8) is 0 Å². The van der Waals surface area contributed by atoms with Crippen LogP contribution in [0.2, 0.25) is 0 Å². The van der Waals surface area contributed by atoms with E-state index in [-0.39, 0.29) is 5.82 Å². The minimum Gasteiger partial charge on any atom is -0.394 e. The number of amides is 1.